The van der Waals surface area contributed by atoms with Crippen LogP contribution in [0.15, 0.2) is 48.7 Å². The van der Waals surface area contributed by atoms with Gasteiger partial charge in [-0.25, -0.2) is 9.97 Å². The fraction of sp³-hybridized carbons (Fsp3) is 0.344. The van der Waals surface area contributed by atoms with Crippen LogP contribution in [0.25, 0.3) is 44.2 Å². The van der Waals surface area contributed by atoms with E-state index in [1.165, 1.54) is 5.56 Å². The van der Waals surface area contributed by atoms with Crippen molar-refractivity contribution in [3.8, 4) is 28.1 Å². The molecule has 0 fully saturated rings. The first-order valence-electron chi connectivity index (χ1n) is 13.9. The molecule has 1 aliphatic rings. The van der Waals surface area contributed by atoms with Crippen molar-refractivity contribution in [3.05, 3.63) is 65.9 Å². The SMILES string of the molecule is CCCC(=O)N([C@@H](C)CC)[C@@H](C)c1ncc(-c2ccc3c(c2)COc2cc4c(ccc5nc(C)[nH]c54)cc2-3)[nH]1. The molecule has 2 atom stereocenters. The fourth-order valence-corrected chi connectivity index (χ4v) is 5.79. The Hall–Kier alpha value is -4.13. The monoisotopic (exact) mass is 521 g/mol. The van der Waals surface area contributed by atoms with Gasteiger partial charge in [0, 0.05) is 23.4 Å². The van der Waals surface area contributed by atoms with E-state index in [1.807, 2.05) is 24.9 Å². The number of aromatic nitrogens is 4. The van der Waals surface area contributed by atoms with Gasteiger partial charge in [0.2, 0.25) is 5.91 Å². The Kier molecular flexibility index (Phi) is 6.37. The molecule has 0 saturated heterocycles. The Labute approximate surface area is 228 Å². The van der Waals surface area contributed by atoms with Crippen LogP contribution in [-0.2, 0) is 11.4 Å². The summed E-state index contributed by atoms with van der Waals surface area (Å²) >= 11 is 0. The predicted molar refractivity (Wildman–Crippen MR) is 156 cm³/mol. The van der Waals surface area contributed by atoms with Crippen LogP contribution in [0.4, 0.5) is 0 Å². The highest BCUT2D eigenvalue weighted by molar-refractivity contribution is 6.07. The second-order valence-corrected chi connectivity index (χ2v) is 10.7. The lowest BCUT2D eigenvalue weighted by Crippen LogP contribution is -2.40. The summed E-state index contributed by atoms with van der Waals surface area (Å²) < 4.78 is 6.26. The van der Waals surface area contributed by atoms with Gasteiger partial charge in [0.1, 0.15) is 24.0 Å². The average molecular weight is 522 g/mol. The van der Waals surface area contributed by atoms with Gasteiger partial charge in [0.25, 0.3) is 0 Å². The third-order valence-electron chi connectivity index (χ3n) is 8.01. The summed E-state index contributed by atoms with van der Waals surface area (Å²) in [5, 5.41) is 2.27. The smallest absolute Gasteiger partial charge is 0.223 e. The summed E-state index contributed by atoms with van der Waals surface area (Å²) in [6.07, 6.45) is 4.16. The molecule has 6 rings (SSSR count). The van der Waals surface area contributed by atoms with Gasteiger partial charge in [-0.2, -0.15) is 0 Å². The van der Waals surface area contributed by atoms with Gasteiger partial charge in [-0.15, -0.1) is 0 Å². The minimum Gasteiger partial charge on any atom is -0.488 e. The van der Waals surface area contributed by atoms with Gasteiger partial charge in [0.15, 0.2) is 0 Å². The summed E-state index contributed by atoms with van der Waals surface area (Å²) in [4.78, 5) is 31.1. The maximum atomic E-state index is 12.9. The third kappa shape index (κ3) is 4.36. The number of imidazole rings is 2. The van der Waals surface area contributed by atoms with Crippen LogP contribution in [0.2, 0.25) is 0 Å². The normalized spacial score (nSPS) is 14.1. The van der Waals surface area contributed by atoms with Crippen LogP contribution >= 0.6 is 0 Å². The summed E-state index contributed by atoms with van der Waals surface area (Å²) in [7, 11) is 0. The van der Waals surface area contributed by atoms with Gasteiger partial charge >= 0.3 is 0 Å². The van der Waals surface area contributed by atoms with E-state index in [-0.39, 0.29) is 18.0 Å². The molecule has 1 amide bonds. The van der Waals surface area contributed by atoms with Gasteiger partial charge in [0.05, 0.1) is 29.0 Å². The molecule has 0 spiro atoms. The summed E-state index contributed by atoms with van der Waals surface area (Å²) in [6, 6.07) is 15.1. The maximum absolute atomic E-state index is 12.9. The van der Waals surface area contributed by atoms with E-state index < -0.39 is 0 Å². The molecule has 2 aromatic heterocycles. The number of carbonyl (C=O) groups excluding carboxylic acids is 1. The first kappa shape index (κ1) is 25.2. The first-order chi connectivity index (χ1) is 18.9. The number of H-pyrrole nitrogens is 2. The van der Waals surface area contributed by atoms with Crippen molar-refractivity contribution in [2.45, 2.75) is 72.6 Å². The molecule has 7 nitrogen and oxygen atoms in total. The molecule has 5 aromatic rings. The lowest BCUT2D eigenvalue weighted by atomic mass is 9.92. The molecule has 1 aliphatic heterocycles. The van der Waals surface area contributed by atoms with E-state index in [4.69, 9.17) is 9.72 Å². The molecule has 7 heteroatoms. The Morgan fingerprint density at radius 3 is 2.72 bits per heavy atom. The molecule has 0 saturated carbocycles. The zero-order valence-electron chi connectivity index (χ0n) is 23.3. The molecular formula is C32H35N5O2. The lowest BCUT2D eigenvalue weighted by molar-refractivity contribution is -0.136. The number of aryl methyl sites for hydroxylation is 1. The molecule has 39 heavy (non-hydrogen) atoms. The van der Waals surface area contributed by atoms with Crippen molar-refractivity contribution in [3.63, 3.8) is 0 Å². The van der Waals surface area contributed by atoms with Gasteiger partial charge in [-0.1, -0.05) is 32.0 Å². The highest BCUT2D eigenvalue weighted by atomic mass is 16.5. The molecular weight excluding hydrogens is 486 g/mol. The number of hydrogen-bond donors (Lipinski definition) is 2. The number of rotatable bonds is 7. The van der Waals surface area contributed by atoms with Crippen molar-refractivity contribution in [1.29, 1.82) is 0 Å². The topological polar surface area (TPSA) is 86.9 Å². The Bertz CT molecular complexity index is 1700. The third-order valence-corrected chi connectivity index (χ3v) is 8.01. The molecule has 200 valence electrons. The van der Waals surface area contributed by atoms with E-state index in [0.717, 1.165) is 74.4 Å². The zero-order valence-corrected chi connectivity index (χ0v) is 23.3. The Morgan fingerprint density at radius 2 is 1.92 bits per heavy atom. The highest BCUT2D eigenvalue weighted by Crippen LogP contribution is 2.42. The lowest BCUT2D eigenvalue weighted by Gasteiger charge is -2.33. The predicted octanol–water partition coefficient (Wildman–Crippen LogP) is 7.46. The minimum absolute atomic E-state index is 0.126. The minimum atomic E-state index is -0.126. The number of carbonyl (C=O) groups is 1. The van der Waals surface area contributed by atoms with Crippen molar-refractivity contribution in [2.75, 3.05) is 0 Å². The molecule has 2 N–H and O–H groups in total. The van der Waals surface area contributed by atoms with Crippen LogP contribution in [0.1, 0.15) is 70.2 Å². The second-order valence-electron chi connectivity index (χ2n) is 10.7. The number of benzene rings is 3. The van der Waals surface area contributed by atoms with E-state index in [1.54, 1.807) is 0 Å². The van der Waals surface area contributed by atoms with E-state index in [0.29, 0.717) is 13.0 Å². The van der Waals surface area contributed by atoms with Crippen LogP contribution in [0.3, 0.4) is 0 Å². The summed E-state index contributed by atoms with van der Waals surface area (Å²) in [5.41, 5.74) is 7.43. The Morgan fingerprint density at radius 1 is 1.08 bits per heavy atom. The van der Waals surface area contributed by atoms with Crippen molar-refractivity contribution in [2.24, 2.45) is 0 Å². The molecule has 3 heterocycles. The Balaban J connectivity index is 1.32. The van der Waals surface area contributed by atoms with Crippen molar-refractivity contribution < 1.29 is 9.53 Å². The maximum Gasteiger partial charge on any atom is 0.223 e. The van der Waals surface area contributed by atoms with Crippen LogP contribution < -0.4 is 4.74 Å². The number of amides is 1. The quantitative estimate of drug-likeness (QED) is 0.233. The first-order valence-corrected chi connectivity index (χ1v) is 13.9. The van der Waals surface area contributed by atoms with Crippen LogP contribution in [0, 0.1) is 6.92 Å². The van der Waals surface area contributed by atoms with Gasteiger partial charge in [-0.3, -0.25) is 4.79 Å². The molecule has 0 radical (unpaired) electrons. The zero-order chi connectivity index (χ0) is 27.3. The summed E-state index contributed by atoms with van der Waals surface area (Å²) in [6.45, 7) is 10.8. The number of aromatic amines is 2. The van der Waals surface area contributed by atoms with E-state index in [2.05, 4.69) is 78.2 Å². The average Bonchev–Trinajstić information content (AvgIpc) is 3.58. The van der Waals surface area contributed by atoms with Gasteiger partial charge in [-0.05, 0) is 80.0 Å². The number of ether oxygens (including phenoxy) is 1. The number of nitrogens with zero attached hydrogens (tertiary/aromatic N) is 3. The molecule has 0 unspecified atom stereocenters. The standard InChI is InChI=1S/C32H35N5O2/c1-6-8-30(38)37(18(3)7-2)19(4)32-33-16-28(36-32)22-9-11-24-23(13-22)17-39-29-15-25-21(14-26(24)29)10-12-27-31(25)35-20(5)34-27/h9-16,18-19H,6-8,17H2,1-5H3,(H,33,36)(H,34,35)/t18-,19-/m0/s1. The van der Waals surface area contributed by atoms with Crippen molar-refractivity contribution in [1.82, 2.24) is 24.8 Å². The molecule has 0 aliphatic carbocycles. The van der Waals surface area contributed by atoms with Gasteiger partial charge < -0.3 is 19.6 Å². The van der Waals surface area contributed by atoms with E-state index in [9.17, 15) is 4.79 Å². The number of nitrogens with one attached hydrogen (secondary N) is 2. The fourth-order valence-electron chi connectivity index (χ4n) is 5.79. The van der Waals surface area contributed by atoms with Crippen molar-refractivity contribution >= 4 is 27.7 Å². The molecule has 0 bridgehead atoms. The number of fused-ring (bicyclic) bond motifs is 6. The number of hydrogen-bond acceptors (Lipinski definition) is 4. The van der Waals surface area contributed by atoms with E-state index >= 15 is 0 Å². The van der Waals surface area contributed by atoms with Crippen LogP contribution in [-0.4, -0.2) is 36.8 Å². The molecule has 3 aromatic carbocycles. The van der Waals surface area contributed by atoms with Crippen LogP contribution in [0.5, 0.6) is 5.75 Å². The summed E-state index contributed by atoms with van der Waals surface area (Å²) in [5.74, 6) is 2.78. The highest BCUT2D eigenvalue weighted by Gasteiger charge is 2.27. The second kappa shape index (κ2) is 9.88. The largest absolute Gasteiger partial charge is 0.488 e.